The van der Waals surface area contributed by atoms with Crippen molar-refractivity contribution >= 4 is 18.7 Å². The molecule has 0 aliphatic heterocycles. The Kier molecular flexibility index (Phi) is 6.74. The van der Waals surface area contributed by atoms with Crippen LogP contribution in [0.3, 0.4) is 0 Å². The molecule has 0 atom stereocenters. The summed E-state index contributed by atoms with van der Waals surface area (Å²) in [6, 6.07) is 0. The number of hydrogen-bond donors (Lipinski definition) is 0. The van der Waals surface area contributed by atoms with Gasteiger partial charge < -0.3 is 4.43 Å². The first-order valence-corrected chi connectivity index (χ1v) is 8.46. The lowest BCUT2D eigenvalue weighted by Crippen LogP contribution is -2.39. The predicted molar refractivity (Wildman–Crippen MR) is 67.2 cm³/mol. The Labute approximate surface area is 94.3 Å². The van der Waals surface area contributed by atoms with E-state index in [1.807, 2.05) is 6.08 Å². The molecule has 0 aromatic carbocycles. The quantitative estimate of drug-likeness (QED) is 0.273. The highest BCUT2D eigenvalue weighted by Gasteiger charge is 2.40. The summed E-state index contributed by atoms with van der Waals surface area (Å²) in [5.74, 6) is 0. The summed E-state index contributed by atoms with van der Waals surface area (Å²) < 4.78 is 5.91. The molecular formula is C11H23ClOSi. The Bertz CT molecular complexity index is 161. The van der Waals surface area contributed by atoms with Gasteiger partial charge in [-0.15, -0.1) is 17.7 Å². The first-order chi connectivity index (χ1) is 6.45. The maximum absolute atomic E-state index is 6.58. The monoisotopic (exact) mass is 234 g/mol. The van der Waals surface area contributed by atoms with Crippen LogP contribution in [-0.4, -0.2) is 14.2 Å². The molecular weight excluding hydrogens is 212 g/mol. The second kappa shape index (κ2) is 6.65. The number of hydrogen-bond acceptors (Lipinski definition) is 1. The van der Waals surface area contributed by atoms with Gasteiger partial charge in [-0.3, -0.25) is 0 Å². The van der Waals surface area contributed by atoms with Gasteiger partial charge in [0.25, 0.3) is 7.63 Å². The third-order valence-corrected chi connectivity index (χ3v) is 9.19. The van der Waals surface area contributed by atoms with Gasteiger partial charge in [0.2, 0.25) is 0 Å². The lowest BCUT2D eigenvalue weighted by atomic mass is 10.3. The van der Waals surface area contributed by atoms with Crippen molar-refractivity contribution in [3.63, 3.8) is 0 Å². The molecule has 14 heavy (non-hydrogen) atoms. The topological polar surface area (TPSA) is 9.23 Å². The molecule has 0 amide bonds. The Balaban J connectivity index is 4.04. The molecule has 0 N–H and O–H groups in total. The minimum absolute atomic E-state index is 0.466. The molecule has 0 aliphatic carbocycles. The summed E-state index contributed by atoms with van der Waals surface area (Å²) in [6.45, 7) is 13.1. The van der Waals surface area contributed by atoms with Gasteiger partial charge in [-0.25, -0.2) is 0 Å². The molecule has 3 heteroatoms. The van der Waals surface area contributed by atoms with Gasteiger partial charge in [0, 0.05) is 6.61 Å². The van der Waals surface area contributed by atoms with E-state index >= 15 is 0 Å². The van der Waals surface area contributed by atoms with Crippen molar-refractivity contribution in [1.29, 1.82) is 0 Å². The minimum Gasteiger partial charge on any atom is -0.403 e. The Morgan fingerprint density at radius 2 is 1.79 bits per heavy atom. The first kappa shape index (κ1) is 14.2. The van der Waals surface area contributed by atoms with Crippen LogP contribution in [0.25, 0.3) is 0 Å². The number of allylic oxidation sites excluding steroid dienone is 1. The van der Waals surface area contributed by atoms with Crippen LogP contribution in [-0.2, 0) is 4.43 Å². The fourth-order valence-electron chi connectivity index (χ4n) is 1.46. The van der Waals surface area contributed by atoms with Crippen LogP contribution >= 0.6 is 11.1 Å². The molecule has 84 valence electrons. The molecule has 0 saturated carbocycles. The van der Waals surface area contributed by atoms with Gasteiger partial charge in [0.05, 0.1) is 0 Å². The molecule has 1 nitrogen and oxygen atoms in total. The van der Waals surface area contributed by atoms with E-state index in [2.05, 4.69) is 34.3 Å². The van der Waals surface area contributed by atoms with Crippen LogP contribution in [0, 0.1) is 0 Å². The van der Waals surface area contributed by atoms with Crippen LogP contribution in [0.4, 0.5) is 0 Å². The lowest BCUT2D eigenvalue weighted by Gasteiger charge is -2.32. The summed E-state index contributed by atoms with van der Waals surface area (Å²) in [5, 5.41) is 0. The SMILES string of the molecule is C=CCCCO[Si](Cl)(C(C)C)C(C)C. The maximum atomic E-state index is 6.58. The van der Waals surface area contributed by atoms with Gasteiger partial charge in [0.15, 0.2) is 0 Å². The number of halogens is 1. The van der Waals surface area contributed by atoms with Crippen molar-refractivity contribution in [3.05, 3.63) is 12.7 Å². The van der Waals surface area contributed by atoms with Gasteiger partial charge in [0.1, 0.15) is 0 Å². The molecule has 0 bridgehead atoms. The summed E-state index contributed by atoms with van der Waals surface area (Å²) >= 11 is 6.58. The first-order valence-electron chi connectivity index (χ1n) is 5.39. The average molecular weight is 235 g/mol. The Hall–Kier alpha value is 0.207. The van der Waals surface area contributed by atoms with Crippen molar-refractivity contribution in [2.45, 2.75) is 51.6 Å². The normalized spacial score (nSPS) is 12.5. The van der Waals surface area contributed by atoms with Gasteiger partial charge >= 0.3 is 0 Å². The van der Waals surface area contributed by atoms with E-state index < -0.39 is 7.63 Å². The molecule has 0 aromatic heterocycles. The van der Waals surface area contributed by atoms with Crippen LogP contribution in [0.1, 0.15) is 40.5 Å². The van der Waals surface area contributed by atoms with E-state index in [0.717, 1.165) is 19.4 Å². The van der Waals surface area contributed by atoms with E-state index in [9.17, 15) is 0 Å². The average Bonchev–Trinajstić information content (AvgIpc) is 2.11. The van der Waals surface area contributed by atoms with Gasteiger partial charge in [-0.05, 0) is 23.9 Å². The van der Waals surface area contributed by atoms with Crippen molar-refractivity contribution in [2.75, 3.05) is 6.61 Å². The zero-order chi connectivity index (χ0) is 11.2. The molecule has 0 heterocycles. The summed E-state index contributed by atoms with van der Waals surface area (Å²) in [6.07, 6.45) is 3.97. The maximum Gasteiger partial charge on any atom is 0.295 e. The standard InChI is InChI=1S/C11H23ClOSi/c1-6-7-8-9-13-14(12,10(2)3)11(4)5/h6,10-11H,1,7-9H2,2-5H3. The van der Waals surface area contributed by atoms with E-state index in [1.54, 1.807) is 0 Å². The van der Waals surface area contributed by atoms with Crippen LogP contribution < -0.4 is 0 Å². The second-order valence-corrected chi connectivity index (χ2v) is 10.1. The fourth-order valence-corrected chi connectivity index (χ4v) is 4.14. The van der Waals surface area contributed by atoms with Crippen molar-refractivity contribution in [3.8, 4) is 0 Å². The minimum atomic E-state index is -2.02. The summed E-state index contributed by atoms with van der Waals surface area (Å²) in [4.78, 5) is 0. The smallest absolute Gasteiger partial charge is 0.295 e. The summed E-state index contributed by atoms with van der Waals surface area (Å²) in [5.41, 5.74) is 0.931. The third-order valence-electron chi connectivity index (χ3n) is 2.45. The fraction of sp³-hybridized carbons (Fsp3) is 0.818. The zero-order valence-electron chi connectivity index (χ0n) is 9.85. The van der Waals surface area contributed by atoms with Crippen LogP contribution in [0.15, 0.2) is 12.7 Å². The highest BCUT2D eigenvalue weighted by molar-refractivity contribution is 7.18. The molecule has 0 spiro atoms. The Morgan fingerprint density at radius 3 is 2.14 bits per heavy atom. The van der Waals surface area contributed by atoms with Crippen molar-refractivity contribution in [2.24, 2.45) is 0 Å². The van der Waals surface area contributed by atoms with Crippen LogP contribution in [0.2, 0.25) is 11.1 Å². The third kappa shape index (κ3) is 4.16. The molecule has 0 rings (SSSR count). The molecule has 0 saturated heterocycles. The predicted octanol–water partition coefficient (Wildman–Crippen LogP) is 4.47. The van der Waals surface area contributed by atoms with Crippen molar-refractivity contribution in [1.82, 2.24) is 0 Å². The Morgan fingerprint density at radius 1 is 1.29 bits per heavy atom. The van der Waals surface area contributed by atoms with E-state index in [4.69, 9.17) is 15.5 Å². The largest absolute Gasteiger partial charge is 0.403 e. The summed E-state index contributed by atoms with van der Waals surface area (Å²) in [7, 11) is -2.02. The highest BCUT2D eigenvalue weighted by Crippen LogP contribution is 2.36. The zero-order valence-corrected chi connectivity index (χ0v) is 11.6. The molecule has 0 radical (unpaired) electrons. The lowest BCUT2D eigenvalue weighted by molar-refractivity contribution is 0.295. The van der Waals surface area contributed by atoms with Gasteiger partial charge in [-0.2, -0.15) is 0 Å². The van der Waals surface area contributed by atoms with Gasteiger partial charge in [-0.1, -0.05) is 33.8 Å². The molecule has 0 aromatic rings. The van der Waals surface area contributed by atoms with E-state index in [-0.39, 0.29) is 0 Å². The van der Waals surface area contributed by atoms with Crippen LogP contribution in [0.5, 0.6) is 0 Å². The van der Waals surface area contributed by atoms with Crippen molar-refractivity contribution < 1.29 is 4.43 Å². The molecule has 0 aliphatic rings. The molecule has 0 unspecified atom stereocenters. The number of rotatable bonds is 7. The highest BCUT2D eigenvalue weighted by atomic mass is 35.6. The molecule has 0 fully saturated rings. The van der Waals surface area contributed by atoms with E-state index in [0.29, 0.717) is 11.1 Å². The second-order valence-electron chi connectivity index (χ2n) is 4.29. The van der Waals surface area contributed by atoms with E-state index in [1.165, 1.54) is 0 Å². The number of unbranched alkanes of at least 4 members (excludes halogenated alkanes) is 1.